The SMILES string of the molecule is O=C(CNC(=O)c1ccccc1)N[C@@H]1CCCN(c2cccnn2)C1. The Bertz CT molecular complexity index is 708. The van der Waals surface area contributed by atoms with Crippen LogP contribution in [0, 0.1) is 0 Å². The van der Waals surface area contributed by atoms with E-state index in [9.17, 15) is 9.59 Å². The van der Waals surface area contributed by atoms with Gasteiger partial charge in [-0.05, 0) is 37.1 Å². The van der Waals surface area contributed by atoms with Gasteiger partial charge in [-0.3, -0.25) is 9.59 Å². The van der Waals surface area contributed by atoms with Gasteiger partial charge in [-0.15, -0.1) is 5.10 Å². The summed E-state index contributed by atoms with van der Waals surface area (Å²) in [4.78, 5) is 26.2. The lowest BCUT2D eigenvalue weighted by atomic mass is 10.1. The van der Waals surface area contributed by atoms with Gasteiger partial charge < -0.3 is 15.5 Å². The highest BCUT2D eigenvalue weighted by atomic mass is 16.2. The Labute approximate surface area is 146 Å². The molecule has 7 heteroatoms. The average molecular weight is 339 g/mol. The number of nitrogens with one attached hydrogen (secondary N) is 2. The molecule has 0 spiro atoms. The highest BCUT2D eigenvalue weighted by molar-refractivity contribution is 5.96. The van der Waals surface area contributed by atoms with Crippen molar-refractivity contribution < 1.29 is 9.59 Å². The van der Waals surface area contributed by atoms with Crippen molar-refractivity contribution in [3.05, 3.63) is 54.2 Å². The Kier molecular flexibility index (Phi) is 5.56. The quantitative estimate of drug-likeness (QED) is 0.848. The summed E-state index contributed by atoms with van der Waals surface area (Å²) >= 11 is 0. The Morgan fingerprint density at radius 2 is 2.00 bits per heavy atom. The van der Waals surface area contributed by atoms with Gasteiger partial charge in [0.15, 0.2) is 5.82 Å². The van der Waals surface area contributed by atoms with Gasteiger partial charge in [0.05, 0.1) is 6.54 Å². The Morgan fingerprint density at radius 1 is 1.16 bits per heavy atom. The number of rotatable bonds is 5. The molecule has 1 aromatic heterocycles. The molecule has 0 bridgehead atoms. The summed E-state index contributed by atoms with van der Waals surface area (Å²) in [6.45, 7) is 1.56. The zero-order chi connectivity index (χ0) is 17.5. The first-order valence-corrected chi connectivity index (χ1v) is 8.37. The summed E-state index contributed by atoms with van der Waals surface area (Å²) in [6, 6.07) is 12.7. The first-order valence-electron chi connectivity index (χ1n) is 8.37. The molecule has 7 nitrogen and oxygen atoms in total. The average Bonchev–Trinajstić information content (AvgIpc) is 2.68. The van der Waals surface area contributed by atoms with Gasteiger partial charge in [0.2, 0.25) is 5.91 Å². The maximum Gasteiger partial charge on any atom is 0.251 e. The summed E-state index contributed by atoms with van der Waals surface area (Å²) < 4.78 is 0. The predicted molar refractivity (Wildman–Crippen MR) is 94.2 cm³/mol. The number of aromatic nitrogens is 2. The van der Waals surface area contributed by atoms with E-state index in [4.69, 9.17) is 0 Å². The summed E-state index contributed by atoms with van der Waals surface area (Å²) in [5.41, 5.74) is 0.543. The predicted octanol–water partition coefficient (Wildman–Crippen LogP) is 0.992. The van der Waals surface area contributed by atoms with Gasteiger partial charge >= 0.3 is 0 Å². The Hall–Kier alpha value is -2.96. The molecular formula is C18H21N5O2. The van der Waals surface area contributed by atoms with Crippen molar-refractivity contribution in [1.29, 1.82) is 0 Å². The number of hydrogen-bond donors (Lipinski definition) is 2. The topological polar surface area (TPSA) is 87.2 Å². The molecule has 130 valence electrons. The molecule has 0 radical (unpaired) electrons. The highest BCUT2D eigenvalue weighted by Gasteiger charge is 2.22. The van der Waals surface area contributed by atoms with Crippen LogP contribution in [0.15, 0.2) is 48.7 Å². The molecule has 1 aromatic carbocycles. The smallest absolute Gasteiger partial charge is 0.251 e. The minimum absolute atomic E-state index is 0.0324. The number of piperidine rings is 1. The summed E-state index contributed by atoms with van der Waals surface area (Å²) in [5.74, 6) is 0.384. The molecule has 0 saturated carbocycles. The minimum atomic E-state index is -0.249. The van der Waals surface area contributed by atoms with Gasteiger partial charge in [-0.2, -0.15) is 5.10 Å². The van der Waals surface area contributed by atoms with Crippen molar-refractivity contribution in [3.8, 4) is 0 Å². The largest absolute Gasteiger partial charge is 0.353 e. The van der Waals surface area contributed by atoms with Crippen molar-refractivity contribution >= 4 is 17.6 Å². The van der Waals surface area contributed by atoms with Crippen molar-refractivity contribution in [1.82, 2.24) is 20.8 Å². The lowest BCUT2D eigenvalue weighted by Gasteiger charge is -2.33. The van der Waals surface area contributed by atoms with Crippen LogP contribution in [0.1, 0.15) is 23.2 Å². The van der Waals surface area contributed by atoms with Crippen LogP contribution < -0.4 is 15.5 Å². The third-order valence-corrected chi connectivity index (χ3v) is 4.11. The van der Waals surface area contributed by atoms with Gasteiger partial charge in [-0.25, -0.2) is 0 Å². The first-order chi connectivity index (χ1) is 12.2. The summed E-state index contributed by atoms with van der Waals surface area (Å²) in [6.07, 6.45) is 3.52. The zero-order valence-electron chi connectivity index (χ0n) is 13.9. The van der Waals surface area contributed by atoms with E-state index in [0.29, 0.717) is 12.1 Å². The molecule has 3 rings (SSSR count). The molecule has 2 heterocycles. The van der Waals surface area contributed by atoms with Crippen LogP contribution >= 0.6 is 0 Å². The maximum absolute atomic E-state index is 12.1. The molecule has 1 fully saturated rings. The normalized spacial score (nSPS) is 17.0. The van der Waals surface area contributed by atoms with E-state index in [-0.39, 0.29) is 24.4 Å². The van der Waals surface area contributed by atoms with Crippen LogP contribution in [-0.4, -0.2) is 47.7 Å². The standard InChI is InChI=1S/C18H21N5O2/c24-17(12-19-18(25)14-6-2-1-3-7-14)21-15-8-5-11-23(13-15)16-9-4-10-20-22-16/h1-4,6-7,9-10,15H,5,8,11-13H2,(H,19,25)(H,21,24)/t15-/m1/s1. The molecular weight excluding hydrogens is 318 g/mol. The van der Waals surface area contributed by atoms with Gasteiger partial charge in [0.1, 0.15) is 0 Å². The van der Waals surface area contributed by atoms with E-state index < -0.39 is 0 Å². The molecule has 2 N–H and O–H groups in total. The number of carbonyl (C=O) groups is 2. The molecule has 1 aliphatic rings. The van der Waals surface area contributed by atoms with Crippen molar-refractivity contribution in [3.63, 3.8) is 0 Å². The van der Waals surface area contributed by atoms with Gasteiger partial charge in [0.25, 0.3) is 5.91 Å². The van der Waals surface area contributed by atoms with E-state index in [1.807, 2.05) is 18.2 Å². The van der Waals surface area contributed by atoms with E-state index >= 15 is 0 Å². The maximum atomic E-state index is 12.1. The van der Waals surface area contributed by atoms with Gasteiger partial charge in [-0.1, -0.05) is 18.2 Å². The molecule has 1 aliphatic heterocycles. The second-order valence-electron chi connectivity index (χ2n) is 5.98. The molecule has 2 amide bonds. The van der Waals surface area contributed by atoms with Crippen LogP contribution in [0.2, 0.25) is 0 Å². The molecule has 2 aromatic rings. The first kappa shape index (κ1) is 16.9. The van der Waals surface area contributed by atoms with Crippen molar-refractivity contribution in [2.75, 3.05) is 24.5 Å². The van der Waals surface area contributed by atoms with E-state index in [1.165, 1.54) is 0 Å². The summed E-state index contributed by atoms with van der Waals surface area (Å²) in [7, 11) is 0. The Morgan fingerprint density at radius 3 is 2.76 bits per heavy atom. The molecule has 25 heavy (non-hydrogen) atoms. The van der Waals surface area contributed by atoms with E-state index in [2.05, 4.69) is 25.7 Å². The fourth-order valence-corrected chi connectivity index (χ4v) is 2.90. The van der Waals surface area contributed by atoms with Crippen LogP contribution in [0.5, 0.6) is 0 Å². The number of carbonyl (C=O) groups excluding carboxylic acids is 2. The van der Waals surface area contributed by atoms with E-state index in [1.54, 1.807) is 30.5 Å². The van der Waals surface area contributed by atoms with Gasteiger partial charge in [0, 0.05) is 30.9 Å². The summed E-state index contributed by atoms with van der Waals surface area (Å²) in [5, 5.41) is 13.6. The van der Waals surface area contributed by atoms with Crippen LogP contribution in [0.4, 0.5) is 5.82 Å². The number of anilines is 1. The molecule has 1 atom stereocenters. The lowest BCUT2D eigenvalue weighted by Crippen LogP contribution is -2.50. The minimum Gasteiger partial charge on any atom is -0.353 e. The number of benzene rings is 1. The number of nitrogens with zero attached hydrogens (tertiary/aromatic N) is 3. The van der Waals surface area contributed by atoms with Crippen LogP contribution in [0.25, 0.3) is 0 Å². The fourth-order valence-electron chi connectivity index (χ4n) is 2.90. The molecule has 1 saturated heterocycles. The number of hydrogen-bond acceptors (Lipinski definition) is 5. The third-order valence-electron chi connectivity index (χ3n) is 4.11. The van der Waals surface area contributed by atoms with Crippen LogP contribution in [-0.2, 0) is 4.79 Å². The third kappa shape index (κ3) is 4.76. The zero-order valence-corrected chi connectivity index (χ0v) is 13.9. The lowest BCUT2D eigenvalue weighted by molar-refractivity contribution is -0.120. The highest BCUT2D eigenvalue weighted by Crippen LogP contribution is 2.16. The van der Waals surface area contributed by atoms with E-state index in [0.717, 1.165) is 25.2 Å². The van der Waals surface area contributed by atoms with Crippen molar-refractivity contribution in [2.45, 2.75) is 18.9 Å². The monoisotopic (exact) mass is 339 g/mol. The number of amides is 2. The van der Waals surface area contributed by atoms with Crippen LogP contribution in [0.3, 0.4) is 0 Å². The molecule has 0 aliphatic carbocycles. The second kappa shape index (κ2) is 8.23. The Balaban J connectivity index is 1.47. The second-order valence-corrected chi connectivity index (χ2v) is 5.98. The molecule has 0 unspecified atom stereocenters. The van der Waals surface area contributed by atoms with Crippen molar-refractivity contribution in [2.24, 2.45) is 0 Å². The fraction of sp³-hybridized carbons (Fsp3) is 0.333.